The van der Waals surface area contributed by atoms with Crippen LogP contribution in [-0.4, -0.2) is 4.98 Å². The zero-order valence-electron chi connectivity index (χ0n) is 30.6. The highest BCUT2D eigenvalue weighted by molar-refractivity contribution is 6.27. The van der Waals surface area contributed by atoms with Gasteiger partial charge >= 0.3 is 0 Å². The molecule has 0 N–H and O–H groups in total. The smallest absolute Gasteiger partial charge is 0.227 e. The number of anilines is 3. The maximum absolute atomic E-state index is 6.66. The van der Waals surface area contributed by atoms with Gasteiger partial charge in [-0.25, -0.2) is 4.98 Å². The first-order chi connectivity index (χ1) is 27.0. The first-order valence-corrected chi connectivity index (χ1v) is 19.0. The van der Waals surface area contributed by atoms with Crippen molar-refractivity contribution >= 4 is 60.5 Å². The van der Waals surface area contributed by atoms with Crippen molar-refractivity contribution < 1.29 is 4.42 Å². The van der Waals surface area contributed by atoms with Crippen LogP contribution in [0.4, 0.5) is 17.1 Å². The molecule has 0 fully saturated rings. The van der Waals surface area contributed by atoms with Crippen molar-refractivity contribution in [2.24, 2.45) is 0 Å². The van der Waals surface area contributed by atoms with E-state index in [1.165, 1.54) is 44.2 Å². The van der Waals surface area contributed by atoms with Gasteiger partial charge in [-0.2, -0.15) is 0 Å². The number of oxazole rings is 1. The van der Waals surface area contributed by atoms with E-state index in [1.54, 1.807) is 0 Å². The van der Waals surface area contributed by atoms with Crippen LogP contribution in [0.5, 0.6) is 0 Å². The van der Waals surface area contributed by atoms with E-state index in [0.717, 1.165) is 55.3 Å². The van der Waals surface area contributed by atoms with E-state index in [4.69, 9.17) is 9.40 Å². The number of hydrogen-bond donors (Lipinski definition) is 0. The molecule has 0 amide bonds. The number of benzene rings is 9. The minimum absolute atomic E-state index is 0.131. The lowest BCUT2D eigenvalue weighted by Gasteiger charge is -2.29. The van der Waals surface area contributed by atoms with Gasteiger partial charge in [0.05, 0.1) is 5.69 Å². The summed E-state index contributed by atoms with van der Waals surface area (Å²) >= 11 is 0. The monoisotopic (exact) mass is 704 g/mol. The number of nitrogens with zero attached hydrogens (tertiary/aromatic N) is 2. The van der Waals surface area contributed by atoms with Crippen LogP contribution in [0.3, 0.4) is 0 Å². The van der Waals surface area contributed by atoms with Crippen LogP contribution in [0.25, 0.3) is 77.1 Å². The number of hydrogen-bond acceptors (Lipinski definition) is 3. The second kappa shape index (κ2) is 12.0. The van der Waals surface area contributed by atoms with E-state index in [2.05, 4.69) is 170 Å². The SMILES string of the molecule is CC1(C)c2ccccc2-c2ccc(N(c3cccc(-c4ccccc4)c3)c3cccc4c3ccc3ccc5ccc6nc(-c7ccccc7)oc6c5c34)cc21. The van der Waals surface area contributed by atoms with Gasteiger partial charge in [0.1, 0.15) is 5.52 Å². The largest absolute Gasteiger partial charge is 0.435 e. The normalized spacial score (nSPS) is 13.1. The van der Waals surface area contributed by atoms with Gasteiger partial charge in [0, 0.05) is 38.5 Å². The lowest BCUT2D eigenvalue weighted by Crippen LogP contribution is -2.16. The van der Waals surface area contributed by atoms with Gasteiger partial charge in [0.2, 0.25) is 5.89 Å². The Balaban J connectivity index is 1.18. The fraction of sp³-hybridized carbons (Fsp3) is 0.0577. The van der Waals surface area contributed by atoms with E-state index >= 15 is 0 Å². The Kier molecular flexibility index (Phi) is 6.90. The average molecular weight is 705 g/mol. The molecule has 55 heavy (non-hydrogen) atoms. The first-order valence-electron chi connectivity index (χ1n) is 19.0. The zero-order chi connectivity index (χ0) is 36.7. The van der Waals surface area contributed by atoms with E-state index in [1.807, 2.05) is 30.3 Å². The summed E-state index contributed by atoms with van der Waals surface area (Å²) in [6, 6.07) is 65.6. The summed E-state index contributed by atoms with van der Waals surface area (Å²) in [6.07, 6.45) is 0. The third-order valence-electron chi connectivity index (χ3n) is 11.7. The molecule has 11 rings (SSSR count). The van der Waals surface area contributed by atoms with Crippen LogP contribution in [0, 0.1) is 0 Å². The van der Waals surface area contributed by atoms with Crippen molar-refractivity contribution in [1.29, 1.82) is 0 Å². The second-order valence-corrected chi connectivity index (χ2v) is 15.2. The van der Waals surface area contributed by atoms with Crippen LogP contribution >= 0.6 is 0 Å². The Bertz CT molecular complexity index is 3120. The van der Waals surface area contributed by atoms with E-state index in [9.17, 15) is 0 Å². The minimum atomic E-state index is -0.131. The molecule has 1 heterocycles. The Morgan fingerprint density at radius 2 is 1.13 bits per heavy atom. The summed E-state index contributed by atoms with van der Waals surface area (Å²) in [7, 11) is 0. The van der Waals surface area contributed by atoms with E-state index in [-0.39, 0.29) is 5.41 Å². The molecule has 0 radical (unpaired) electrons. The predicted octanol–water partition coefficient (Wildman–Crippen LogP) is 14.4. The summed E-state index contributed by atoms with van der Waals surface area (Å²) in [5.41, 5.74) is 13.6. The first kappa shape index (κ1) is 31.5. The Labute approximate surface area is 319 Å². The van der Waals surface area contributed by atoms with Gasteiger partial charge in [-0.15, -0.1) is 0 Å². The minimum Gasteiger partial charge on any atom is -0.435 e. The van der Waals surface area contributed by atoms with E-state index < -0.39 is 0 Å². The Morgan fingerprint density at radius 1 is 0.473 bits per heavy atom. The summed E-state index contributed by atoms with van der Waals surface area (Å²) in [5.74, 6) is 0.632. The van der Waals surface area contributed by atoms with Gasteiger partial charge in [0.25, 0.3) is 0 Å². The fourth-order valence-electron chi connectivity index (χ4n) is 8.97. The van der Waals surface area contributed by atoms with Gasteiger partial charge < -0.3 is 9.32 Å². The molecule has 0 atom stereocenters. The maximum atomic E-state index is 6.66. The molecule has 1 aliphatic rings. The molecule has 3 heteroatoms. The molecule has 3 nitrogen and oxygen atoms in total. The standard InChI is InChI=1S/C52H36N2O/c1-52(2)44-21-10-9-19-40(44)41-29-27-39(32-45(41)52)54(38-18-11-17-37(31-38)33-13-5-3-6-14-33)47-22-12-20-43-42(47)28-25-34-23-24-35-26-30-46-50(49(35)48(34)43)55-51(53-46)36-15-7-4-8-16-36/h3-32H,1-2H3. The van der Waals surface area contributed by atoms with Crippen LogP contribution < -0.4 is 4.90 Å². The van der Waals surface area contributed by atoms with Gasteiger partial charge in [-0.05, 0) is 98.1 Å². The third-order valence-corrected chi connectivity index (χ3v) is 11.7. The molecule has 0 saturated carbocycles. The molecule has 0 saturated heterocycles. The van der Waals surface area contributed by atoms with Crippen LogP contribution in [0.1, 0.15) is 25.0 Å². The Hall–Kier alpha value is -6.97. The lowest BCUT2D eigenvalue weighted by atomic mass is 9.82. The molecule has 0 aliphatic heterocycles. The molecule has 0 spiro atoms. The number of aromatic nitrogens is 1. The molecule has 0 bridgehead atoms. The lowest BCUT2D eigenvalue weighted by molar-refractivity contribution is 0.623. The van der Waals surface area contributed by atoms with Crippen molar-refractivity contribution in [2.75, 3.05) is 4.90 Å². The highest BCUT2D eigenvalue weighted by atomic mass is 16.3. The third kappa shape index (κ3) is 4.86. The molecule has 1 aromatic heterocycles. The molecule has 1 aliphatic carbocycles. The summed E-state index contributed by atoms with van der Waals surface area (Å²) in [5, 5.41) is 6.88. The highest BCUT2D eigenvalue weighted by Crippen LogP contribution is 2.51. The quantitative estimate of drug-likeness (QED) is 0.167. The summed E-state index contributed by atoms with van der Waals surface area (Å²) in [6.45, 7) is 4.70. The van der Waals surface area contributed by atoms with Crippen molar-refractivity contribution in [3.8, 4) is 33.7 Å². The van der Waals surface area contributed by atoms with Crippen LogP contribution in [-0.2, 0) is 5.41 Å². The molecular formula is C52H36N2O. The molecule has 10 aromatic rings. The molecule has 9 aromatic carbocycles. The van der Waals surface area contributed by atoms with Crippen molar-refractivity contribution in [2.45, 2.75) is 19.3 Å². The van der Waals surface area contributed by atoms with Crippen LogP contribution in [0.2, 0.25) is 0 Å². The zero-order valence-corrected chi connectivity index (χ0v) is 30.6. The summed E-state index contributed by atoms with van der Waals surface area (Å²) < 4.78 is 6.66. The van der Waals surface area contributed by atoms with Crippen molar-refractivity contribution in [3.05, 3.63) is 193 Å². The molecule has 260 valence electrons. The number of rotatable bonds is 5. The van der Waals surface area contributed by atoms with Crippen molar-refractivity contribution in [3.63, 3.8) is 0 Å². The fourth-order valence-corrected chi connectivity index (χ4v) is 8.97. The van der Waals surface area contributed by atoms with Gasteiger partial charge in [-0.1, -0.05) is 147 Å². The van der Waals surface area contributed by atoms with Gasteiger partial charge in [0.15, 0.2) is 5.58 Å². The number of fused-ring (bicyclic) bond motifs is 10. The summed E-state index contributed by atoms with van der Waals surface area (Å²) in [4.78, 5) is 7.41. The maximum Gasteiger partial charge on any atom is 0.227 e. The highest BCUT2D eigenvalue weighted by Gasteiger charge is 2.36. The van der Waals surface area contributed by atoms with Crippen LogP contribution in [0.15, 0.2) is 186 Å². The van der Waals surface area contributed by atoms with Gasteiger partial charge in [-0.3, -0.25) is 0 Å². The van der Waals surface area contributed by atoms with E-state index in [0.29, 0.717) is 5.89 Å². The molecule has 0 unspecified atom stereocenters. The Morgan fingerprint density at radius 3 is 1.96 bits per heavy atom. The molecular weight excluding hydrogens is 669 g/mol. The topological polar surface area (TPSA) is 29.3 Å². The van der Waals surface area contributed by atoms with Crippen molar-refractivity contribution in [1.82, 2.24) is 4.98 Å². The average Bonchev–Trinajstić information content (AvgIpc) is 3.78. The second-order valence-electron chi connectivity index (χ2n) is 15.2. The predicted molar refractivity (Wildman–Crippen MR) is 230 cm³/mol.